The first-order chi connectivity index (χ1) is 21.8. The van der Waals surface area contributed by atoms with Crippen molar-refractivity contribution in [3.8, 4) is 0 Å². The van der Waals surface area contributed by atoms with Gasteiger partial charge >= 0.3 is 11.9 Å². The number of nitrogens with zero attached hydrogens (tertiary/aromatic N) is 2. The highest BCUT2D eigenvalue weighted by Gasteiger charge is 2.35. The van der Waals surface area contributed by atoms with E-state index in [0.717, 1.165) is 11.0 Å². The van der Waals surface area contributed by atoms with Crippen LogP contribution in [0.15, 0.2) is 48.6 Å². The summed E-state index contributed by atoms with van der Waals surface area (Å²) < 4.78 is 40.5. The number of piperidine rings is 1. The fourth-order valence-electron chi connectivity index (χ4n) is 5.07. The molecule has 46 heavy (non-hydrogen) atoms. The lowest BCUT2D eigenvalue weighted by atomic mass is 9.86. The minimum Gasteiger partial charge on any atom is -0.478 e. The second-order valence-corrected chi connectivity index (χ2v) is 10.6. The van der Waals surface area contributed by atoms with Gasteiger partial charge in [-0.2, -0.15) is 0 Å². The molecule has 0 bridgehead atoms. The van der Waals surface area contributed by atoms with Crippen LogP contribution < -0.4 is 11.1 Å². The van der Waals surface area contributed by atoms with Crippen LogP contribution in [-0.4, -0.2) is 87.8 Å². The molecule has 15 heteroatoms. The number of nitrogens with two attached hydrogens (primary N) is 1. The number of rotatable bonds is 11. The first kappa shape index (κ1) is 35.4. The molecule has 1 atom stereocenters. The molecule has 5 N–H and O–H groups in total. The average Bonchev–Trinajstić information content (AvgIpc) is 3.26. The van der Waals surface area contributed by atoms with E-state index in [1.807, 2.05) is 0 Å². The summed E-state index contributed by atoms with van der Waals surface area (Å²) in [5.41, 5.74) is 6.88. The second-order valence-electron chi connectivity index (χ2n) is 10.6. The van der Waals surface area contributed by atoms with E-state index in [2.05, 4.69) is 5.32 Å². The molecular weight excluding hydrogens is 613 g/mol. The van der Waals surface area contributed by atoms with Crippen LogP contribution >= 0.6 is 0 Å². The zero-order valence-corrected chi connectivity index (χ0v) is 24.6. The minimum atomic E-state index is -1.26. The quantitative estimate of drug-likeness (QED) is 0.161. The molecule has 2 aliphatic heterocycles. The number of hydrogen-bond acceptors (Lipinski definition) is 7. The van der Waals surface area contributed by atoms with E-state index in [4.69, 9.17) is 15.9 Å². The largest absolute Gasteiger partial charge is 0.478 e. The third-order valence-corrected chi connectivity index (χ3v) is 7.51. The van der Waals surface area contributed by atoms with Gasteiger partial charge in [0.2, 0.25) is 11.8 Å². The van der Waals surface area contributed by atoms with Gasteiger partial charge in [-0.15, -0.1) is 0 Å². The number of benzene rings is 2. The summed E-state index contributed by atoms with van der Waals surface area (Å²) >= 11 is 0. The van der Waals surface area contributed by atoms with Crippen molar-refractivity contribution in [3.63, 3.8) is 0 Å². The predicted molar refractivity (Wildman–Crippen MR) is 156 cm³/mol. The maximum atomic E-state index is 13.9. The first-order valence-electron chi connectivity index (χ1n) is 14.3. The number of carbonyl (C=O) groups excluding carboxylic acids is 4. The van der Waals surface area contributed by atoms with Crippen LogP contribution in [0.5, 0.6) is 0 Å². The van der Waals surface area contributed by atoms with Gasteiger partial charge in [-0.05, 0) is 48.9 Å². The van der Waals surface area contributed by atoms with Gasteiger partial charge in [-0.25, -0.2) is 22.8 Å². The Morgan fingerprint density at radius 1 is 0.891 bits per heavy atom. The number of carboxylic acids is 2. The maximum absolute atomic E-state index is 13.9. The van der Waals surface area contributed by atoms with E-state index < -0.39 is 47.2 Å². The number of carbonyl (C=O) groups is 6. The lowest BCUT2D eigenvalue weighted by Gasteiger charge is -2.35. The Balaban J connectivity index is 0.000000637. The molecule has 1 fully saturated rings. The van der Waals surface area contributed by atoms with Gasteiger partial charge in [0.05, 0.1) is 11.1 Å². The predicted octanol–water partition coefficient (Wildman–Crippen LogP) is 2.12. The zero-order chi connectivity index (χ0) is 34.0. The molecule has 0 saturated carbocycles. The fourth-order valence-corrected chi connectivity index (χ4v) is 5.07. The Hall–Kier alpha value is -5.05. The third-order valence-electron chi connectivity index (χ3n) is 7.51. The lowest BCUT2D eigenvalue weighted by molar-refractivity contribution is -0.134. The zero-order valence-electron chi connectivity index (χ0n) is 24.6. The van der Waals surface area contributed by atoms with E-state index in [0.29, 0.717) is 55.3 Å². The van der Waals surface area contributed by atoms with Crippen LogP contribution in [0.2, 0.25) is 0 Å². The molecule has 0 spiro atoms. The highest BCUT2D eigenvalue weighted by molar-refractivity contribution is 6.21. The number of amides is 4. The highest BCUT2D eigenvalue weighted by Crippen LogP contribution is 2.25. The Morgan fingerprint density at radius 2 is 1.43 bits per heavy atom. The van der Waals surface area contributed by atoms with Crippen molar-refractivity contribution in [3.05, 3.63) is 82.7 Å². The lowest BCUT2D eigenvalue weighted by Crippen LogP contribution is -2.45. The fraction of sp³-hybridized carbons (Fsp3) is 0.355. The van der Waals surface area contributed by atoms with Crippen molar-refractivity contribution >= 4 is 35.6 Å². The van der Waals surface area contributed by atoms with Gasteiger partial charge < -0.3 is 26.2 Å². The van der Waals surface area contributed by atoms with Crippen LogP contribution in [-0.2, 0) is 25.6 Å². The van der Waals surface area contributed by atoms with E-state index in [9.17, 15) is 41.9 Å². The van der Waals surface area contributed by atoms with E-state index in [1.54, 1.807) is 29.2 Å². The number of fused-ring (bicyclic) bond motifs is 1. The Kier molecular flexibility index (Phi) is 12.6. The molecule has 0 radical (unpaired) electrons. The van der Waals surface area contributed by atoms with Crippen LogP contribution in [0.4, 0.5) is 13.2 Å². The monoisotopic (exact) mass is 646 g/mol. The van der Waals surface area contributed by atoms with Crippen molar-refractivity contribution in [2.75, 3.05) is 26.2 Å². The smallest absolute Gasteiger partial charge is 0.328 e. The topological polar surface area (TPSA) is 187 Å². The molecule has 1 saturated heterocycles. The summed E-state index contributed by atoms with van der Waals surface area (Å²) in [5, 5.41) is 18.3. The van der Waals surface area contributed by atoms with Gasteiger partial charge in [0.25, 0.3) is 11.8 Å². The van der Waals surface area contributed by atoms with Crippen molar-refractivity contribution < 1.29 is 52.2 Å². The molecule has 2 aromatic carbocycles. The van der Waals surface area contributed by atoms with Crippen molar-refractivity contribution in [1.82, 2.24) is 15.1 Å². The Morgan fingerprint density at radius 3 is 1.98 bits per heavy atom. The number of nitrogens with one attached hydrogen (secondary N) is 1. The van der Waals surface area contributed by atoms with Crippen LogP contribution in [0.3, 0.4) is 0 Å². The summed E-state index contributed by atoms with van der Waals surface area (Å²) in [5.74, 6) is -7.08. The minimum absolute atomic E-state index is 0.00610. The number of imide groups is 1. The van der Waals surface area contributed by atoms with Crippen molar-refractivity contribution in [2.24, 2.45) is 11.7 Å². The molecule has 4 rings (SSSR count). The van der Waals surface area contributed by atoms with E-state index in [1.165, 1.54) is 0 Å². The highest BCUT2D eigenvalue weighted by atomic mass is 19.2. The molecule has 12 nitrogen and oxygen atoms in total. The van der Waals surface area contributed by atoms with Gasteiger partial charge in [0, 0.05) is 63.3 Å². The molecule has 4 amide bonds. The molecule has 0 aliphatic carbocycles. The SMILES string of the molecule is N[C@H](Cc1cc(F)c(F)cc1F)C1CCN(C(=O)CCNC(=O)CCN2C(=O)c3ccccc3C2=O)CC1.O=C(O)/C=C\C(=O)O. The second kappa shape index (κ2) is 16.3. The average molecular weight is 647 g/mol. The van der Waals surface area contributed by atoms with Crippen molar-refractivity contribution in [1.29, 1.82) is 0 Å². The summed E-state index contributed by atoms with van der Waals surface area (Å²) in [7, 11) is 0. The van der Waals surface area contributed by atoms with E-state index >= 15 is 0 Å². The third kappa shape index (κ3) is 9.72. The van der Waals surface area contributed by atoms with E-state index in [-0.39, 0.29) is 55.6 Å². The Bertz CT molecular complexity index is 1470. The number of halogens is 3. The standard InChI is InChI=1S/C27H29F3N4O4.C4H4O4/c28-20-15-22(30)21(29)13-17(20)14-23(31)16-6-10-33(11-7-16)25(36)5-9-32-24(35)8-12-34-26(37)18-3-1-2-4-19(18)27(34)38;5-3(6)1-2-4(7)8/h1-4,13,15-16,23H,5-12,14,31H2,(H,32,35);1-2H,(H,5,6)(H,7,8)/b;2-1-/t23-;/m1./s1. The van der Waals surface area contributed by atoms with Gasteiger partial charge in [0.15, 0.2) is 11.6 Å². The normalized spacial score (nSPS) is 15.3. The van der Waals surface area contributed by atoms with Crippen LogP contribution in [0, 0.1) is 23.4 Å². The molecule has 0 aromatic heterocycles. The number of hydrogen-bond donors (Lipinski definition) is 4. The number of likely N-dealkylation sites (tertiary alicyclic amines) is 1. The Labute approximate surface area is 261 Å². The van der Waals surface area contributed by atoms with Gasteiger partial charge in [0.1, 0.15) is 5.82 Å². The van der Waals surface area contributed by atoms with Crippen LogP contribution in [0.25, 0.3) is 0 Å². The number of carboxylic acid groups (broad SMARTS) is 2. The summed E-state index contributed by atoms with van der Waals surface area (Å²) in [4.78, 5) is 71.3. The number of aliphatic carboxylic acids is 2. The molecule has 0 unspecified atom stereocenters. The molecular formula is C31H33F3N4O8. The molecule has 246 valence electrons. The summed E-state index contributed by atoms with van der Waals surface area (Å²) in [6, 6.07) is 7.37. The molecule has 2 heterocycles. The van der Waals surface area contributed by atoms with Gasteiger partial charge in [-0.3, -0.25) is 24.1 Å². The van der Waals surface area contributed by atoms with Crippen LogP contribution in [0.1, 0.15) is 52.0 Å². The first-order valence-corrected chi connectivity index (χ1v) is 14.3. The van der Waals surface area contributed by atoms with Gasteiger partial charge in [-0.1, -0.05) is 12.1 Å². The maximum Gasteiger partial charge on any atom is 0.328 e. The summed E-state index contributed by atoms with van der Waals surface area (Å²) in [6.07, 6.45) is 2.38. The molecule has 2 aromatic rings. The van der Waals surface area contributed by atoms with Crippen molar-refractivity contribution in [2.45, 2.75) is 38.1 Å². The summed E-state index contributed by atoms with van der Waals surface area (Å²) in [6.45, 7) is 0.972. The molecule has 2 aliphatic rings.